The molecule has 1 unspecified atom stereocenters. The van der Waals surface area contributed by atoms with Crippen LogP contribution in [0.1, 0.15) is 40.5 Å². The minimum Gasteiger partial charge on any atom is -0.444 e. The van der Waals surface area contributed by atoms with E-state index in [0.717, 1.165) is 25.9 Å². The number of ether oxygens (including phenoxy) is 1. The molecule has 0 saturated carbocycles. The number of carbonyl (C=O) groups is 1. The monoisotopic (exact) mass is 442 g/mol. The number of amides is 1. The first kappa shape index (κ1) is 22.2. The Morgan fingerprint density at radius 1 is 1.43 bits per heavy atom. The normalized spacial score (nSPS) is 18.9. The van der Waals surface area contributed by atoms with E-state index in [1.165, 1.54) is 0 Å². The first-order valence-electron chi connectivity index (χ1n) is 7.99. The molecule has 0 aliphatic carbocycles. The minimum atomic E-state index is -0.477. The lowest BCUT2D eigenvalue weighted by molar-refractivity contribution is 0.0193. The summed E-state index contributed by atoms with van der Waals surface area (Å²) in [6.45, 7) is 10.0. The Morgan fingerprint density at radius 2 is 2.13 bits per heavy atom. The largest absolute Gasteiger partial charge is 0.444 e. The van der Waals surface area contributed by atoms with Crippen molar-refractivity contribution in [3.63, 3.8) is 0 Å². The number of guanidine groups is 1. The highest BCUT2D eigenvalue weighted by molar-refractivity contribution is 14.0. The number of piperidine rings is 1. The van der Waals surface area contributed by atoms with Crippen molar-refractivity contribution in [2.24, 2.45) is 4.99 Å². The van der Waals surface area contributed by atoms with Crippen molar-refractivity contribution in [2.45, 2.75) is 52.2 Å². The van der Waals surface area contributed by atoms with Crippen LogP contribution in [0.2, 0.25) is 0 Å². The molecule has 1 rings (SSSR count). The van der Waals surface area contributed by atoms with Crippen LogP contribution in [0.15, 0.2) is 4.99 Å². The Balaban J connectivity index is 0.00000484. The maximum absolute atomic E-state index is 12.1. The maximum atomic E-state index is 12.1. The van der Waals surface area contributed by atoms with Crippen LogP contribution < -0.4 is 10.6 Å². The van der Waals surface area contributed by atoms with Crippen molar-refractivity contribution in [1.29, 1.82) is 0 Å². The average molecular weight is 442 g/mol. The summed E-state index contributed by atoms with van der Waals surface area (Å²) in [4.78, 5) is 18.1. The second-order valence-electron chi connectivity index (χ2n) is 6.39. The van der Waals surface area contributed by atoms with Gasteiger partial charge in [0.25, 0.3) is 0 Å². The highest BCUT2D eigenvalue weighted by atomic mass is 127. The third-order valence-corrected chi connectivity index (χ3v) is 3.13. The number of nitrogens with zero attached hydrogens (tertiary/aromatic N) is 2. The molecule has 136 valence electrons. The summed E-state index contributed by atoms with van der Waals surface area (Å²) in [6.07, 6.45) is 1.63. The Labute approximate surface area is 156 Å². The summed E-state index contributed by atoms with van der Waals surface area (Å²) in [5.41, 5.74) is -0.477. The van der Waals surface area contributed by atoms with Gasteiger partial charge in [0.05, 0.1) is 13.2 Å². The number of aliphatic imine (C=N–C) groups is 1. The predicted octanol–water partition coefficient (Wildman–Crippen LogP) is 1.55. The van der Waals surface area contributed by atoms with Gasteiger partial charge in [-0.05, 0) is 40.5 Å². The van der Waals surface area contributed by atoms with Crippen LogP contribution in [-0.4, -0.2) is 66.5 Å². The number of likely N-dealkylation sites (tertiary alicyclic amines) is 1. The SMILES string of the molecule is CCNC(=NCCO)NC1CCCN(C(=O)OC(C)(C)C)C1.I. The van der Waals surface area contributed by atoms with E-state index in [2.05, 4.69) is 15.6 Å². The fourth-order valence-electron chi connectivity index (χ4n) is 2.26. The van der Waals surface area contributed by atoms with Gasteiger partial charge in [-0.3, -0.25) is 4.99 Å². The smallest absolute Gasteiger partial charge is 0.410 e. The lowest BCUT2D eigenvalue weighted by Gasteiger charge is -2.35. The van der Waals surface area contributed by atoms with E-state index in [1.807, 2.05) is 27.7 Å². The van der Waals surface area contributed by atoms with Gasteiger partial charge >= 0.3 is 6.09 Å². The molecule has 0 aromatic rings. The number of aliphatic hydroxyl groups is 1. The van der Waals surface area contributed by atoms with Gasteiger partial charge in [-0.25, -0.2) is 4.79 Å². The van der Waals surface area contributed by atoms with Crippen LogP contribution in [0.5, 0.6) is 0 Å². The fraction of sp³-hybridized carbons (Fsp3) is 0.867. The van der Waals surface area contributed by atoms with Crippen molar-refractivity contribution >= 4 is 36.0 Å². The minimum absolute atomic E-state index is 0. The van der Waals surface area contributed by atoms with Gasteiger partial charge in [-0.2, -0.15) is 0 Å². The molecule has 0 spiro atoms. The maximum Gasteiger partial charge on any atom is 0.410 e. The molecule has 0 aromatic heterocycles. The van der Waals surface area contributed by atoms with Crippen molar-refractivity contribution < 1.29 is 14.6 Å². The van der Waals surface area contributed by atoms with E-state index in [1.54, 1.807) is 4.90 Å². The lowest BCUT2D eigenvalue weighted by atomic mass is 10.1. The van der Waals surface area contributed by atoms with Crippen LogP contribution in [0.25, 0.3) is 0 Å². The molecule has 0 aromatic carbocycles. The summed E-state index contributed by atoms with van der Waals surface area (Å²) in [5, 5.41) is 15.3. The van der Waals surface area contributed by atoms with Crippen molar-refractivity contribution in [3.05, 3.63) is 0 Å². The zero-order valence-corrected chi connectivity index (χ0v) is 16.9. The van der Waals surface area contributed by atoms with E-state index >= 15 is 0 Å². The number of halogens is 1. The van der Waals surface area contributed by atoms with E-state index in [-0.39, 0.29) is 42.7 Å². The van der Waals surface area contributed by atoms with E-state index in [4.69, 9.17) is 9.84 Å². The topological polar surface area (TPSA) is 86.2 Å². The van der Waals surface area contributed by atoms with E-state index in [9.17, 15) is 4.79 Å². The fourth-order valence-corrected chi connectivity index (χ4v) is 2.26. The zero-order valence-electron chi connectivity index (χ0n) is 14.6. The van der Waals surface area contributed by atoms with Gasteiger partial charge in [0, 0.05) is 25.7 Å². The summed E-state index contributed by atoms with van der Waals surface area (Å²) < 4.78 is 5.42. The van der Waals surface area contributed by atoms with Crippen LogP contribution in [0.4, 0.5) is 4.79 Å². The molecule has 7 nitrogen and oxygen atoms in total. The molecular formula is C15H31IN4O3. The first-order chi connectivity index (χ1) is 10.4. The number of hydrogen-bond donors (Lipinski definition) is 3. The van der Waals surface area contributed by atoms with E-state index < -0.39 is 5.60 Å². The van der Waals surface area contributed by atoms with Crippen molar-refractivity contribution in [1.82, 2.24) is 15.5 Å². The summed E-state index contributed by atoms with van der Waals surface area (Å²) in [6, 6.07) is 0.137. The quantitative estimate of drug-likeness (QED) is 0.350. The second-order valence-corrected chi connectivity index (χ2v) is 6.39. The van der Waals surface area contributed by atoms with Gasteiger partial charge in [-0.1, -0.05) is 0 Å². The van der Waals surface area contributed by atoms with Crippen LogP contribution in [0, 0.1) is 0 Å². The Bertz CT molecular complexity index is 385. The van der Waals surface area contributed by atoms with Crippen LogP contribution >= 0.6 is 24.0 Å². The number of carbonyl (C=O) groups excluding carboxylic acids is 1. The lowest BCUT2D eigenvalue weighted by Crippen LogP contribution is -2.53. The molecule has 1 aliphatic heterocycles. The van der Waals surface area contributed by atoms with Crippen molar-refractivity contribution in [3.8, 4) is 0 Å². The highest BCUT2D eigenvalue weighted by Gasteiger charge is 2.27. The molecule has 23 heavy (non-hydrogen) atoms. The molecule has 1 fully saturated rings. The van der Waals surface area contributed by atoms with Gasteiger partial charge in [0.2, 0.25) is 0 Å². The van der Waals surface area contributed by atoms with Crippen LogP contribution in [-0.2, 0) is 4.74 Å². The Kier molecular flexibility index (Phi) is 10.5. The molecular weight excluding hydrogens is 411 g/mol. The molecule has 1 atom stereocenters. The standard InChI is InChI=1S/C15H30N4O3.HI/c1-5-16-13(17-8-10-20)18-12-7-6-9-19(11-12)14(21)22-15(2,3)4;/h12,20H,5-11H2,1-4H3,(H2,16,17,18);1H. The van der Waals surface area contributed by atoms with Gasteiger partial charge in [0.1, 0.15) is 5.60 Å². The summed E-state index contributed by atoms with van der Waals surface area (Å²) in [5.74, 6) is 0.674. The first-order valence-corrected chi connectivity index (χ1v) is 7.99. The molecule has 8 heteroatoms. The van der Waals surface area contributed by atoms with Gasteiger partial charge in [0.15, 0.2) is 5.96 Å². The molecule has 1 aliphatic rings. The predicted molar refractivity (Wildman–Crippen MR) is 102 cm³/mol. The molecule has 1 amide bonds. The number of rotatable bonds is 4. The number of aliphatic hydroxyl groups excluding tert-OH is 1. The number of hydrogen-bond acceptors (Lipinski definition) is 4. The summed E-state index contributed by atoms with van der Waals surface area (Å²) in [7, 11) is 0. The number of nitrogens with one attached hydrogen (secondary N) is 2. The highest BCUT2D eigenvalue weighted by Crippen LogP contribution is 2.15. The third kappa shape index (κ3) is 9.19. The Morgan fingerprint density at radius 3 is 2.70 bits per heavy atom. The Hall–Kier alpha value is -0.770. The average Bonchev–Trinajstić information content (AvgIpc) is 2.43. The van der Waals surface area contributed by atoms with E-state index in [0.29, 0.717) is 19.0 Å². The third-order valence-electron chi connectivity index (χ3n) is 3.13. The molecule has 0 radical (unpaired) electrons. The van der Waals surface area contributed by atoms with Gasteiger partial charge in [-0.15, -0.1) is 24.0 Å². The van der Waals surface area contributed by atoms with Gasteiger partial charge < -0.3 is 25.4 Å². The molecule has 0 bridgehead atoms. The molecule has 1 saturated heterocycles. The summed E-state index contributed by atoms with van der Waals surface area (Å²) >= 11 is 0. The zero-order chi connectivity index (χ0) is 16.6. The van der Waals surface area contributed by atoms with Crippen molar-refractivity contribution in [2.75, 3.05) is 32.8 Å². The molecule has 3 N–H and O–H groups in total. The second kappa shape index (κ2) is 10.9. The van der Waals surface area contributed by atoms with Crippen LogP contribution in [0.3, 0.4) is 0 Å². The molecule has 1 heterocycles.